The van der Waals surface area contributed by atoms with Gasteiger partial charge in [0.15, 0.2) is 12.6 Å². The van der Waals surface area contributed by atoms with Crippen molar-refractivity contribution in [3.05, 3.63) is 146 Å². The minimum atomic E-state index is -1.80. The number of hydrogen-bond donors (Lipinski definition) is 9. The first-order valence-electron chi connectivity index (χ1n) is 42.6. The second-order valence-corrected chi connectivity index (χ2v) is 29.2. The van der Waals surface area contributed by atoms with E-state index in [1.165, 1.54) is 186 Å². The molecule has 2 heterocycles. The fourth-order valence-electron chi connectivity index (χ4n) is 13.1. The number of aliphatic hydroxyl groups excluding tert-OH is 8. The maximum atomic E-state index is 13.4. The third kappa shape index (κ3) is 55.0. The zero-order chi connectivity index (χ0) is 75.8. The summed E-state index contributed by atoms with van der Waals surface area (Å²) in [5.41, 5.74) is 0. The molecule has 14 heteroatoms. The van der Waals surface area contributed by atoms with E-state index in [1.54, 1.807) is 6.08 Å². The highest BCUT2D eigenvalue weighted by molar-refractivity contribution is 5.76. The molecule has 12 unspecified atom stereocenters. The molecule has 9 N–H and O–H groups in total. The number of ether oxygens (including phenoxy) is 4. The molecule has 2 aliphatic rings. The maximum Gasteiger partial charge on any atom is 0.220 e. The lowest BCUT2D eigenvalue weighted by Gasteiger charge is -2.46. The molecule has 602 valence electrons. The third-order valence-electron chi connectivity index (χ3n) is 19.8. The number of carbonyl (C=O) groups excluding carboxylic acids is 1. The van der Waals surface area contributed by atoms with Crippen LogP contribution in [0.1, 0.15) is 328 Å². The van der Waals surface area contributed by atoms with Crippen LogP contribution < -0.4 is 5.32 Å². The van der Waals surface area contributed by atoms with Gasteiger partial charge in [-0.15, -0.1) is 0 Å². The lowest BCUT2D eigenvalue weighted by Crippen LogP contribution is -2.65. The number of aliphatic hydroxyl groups is 8. The van der Waals surface area contributed by atoms with E-state index in [1.807, 2.05) is 6.08 Å². The Labute approximate surface area is 640 Å². The van der Waals surface area contributed by atoms with Crippen LogP contribution in [0.4, 0.5) is 0 Å². The molecule has 0 aromatic carbocycles. The van der Waals surface area contributed by atoms with Gasteiger partial charge in [0.1, 0.15) is 48.8 Å². The van der Waals surface area contributed by atoms with E-state index in [9.17, 15) is 45.6 Å². The molecule has 2 saturated heterocycles. The number of carbonyl (C=O) groups is 1. The Morgan fingerprint density at radius 1 is 0.352 bits per heavy atom. The van der Waals surface area contributed by atoms with E-state index in [4.69, 9.17) is 18.9 Å². The summed E-state index contributed by atoms with van der Waals surface area (Å²) in [5.74, 6) is -0.260. The van der Waals surface area contributed by atoms with Gasteiger partial charge in [0.05, 0.1) is 32.0 Å². The molecule has 105 heavy (non-hydrogen) atoms. The minimum absolute atomic E-state index is 0.255. The topological polar surface area (TPSA) is 228 Å². The first-order valence-corrected chi connectivity index (χ1v) is 42.6. The van der Waals surface area contributed by atoms with Gasteiger partial charge in [0.25, 0.3) is 0 Å². The smallest absolute Gasteiger partial charge is 0.220 e. The standard InChI is InChI=1S/C91H155NO13/c1-3-5-7-9-11-13-15-17-19-21-23-25-27-29-31-33-35-37-38-39-40-41-42-43-45-47-49-51-53-55-57-59-61-63-65-67-69-71-73-75-83(96)92-79(78-102-90-88(101)86(99)89(82(77-94)104-90)105-91-87(100)85(98)84(97)81(76-93)103-91)80(95)74-72-70-68-66-64-62-60-58-56-54-52-50-48-46-44-36-34-32-30-28-26-24-22-20-18-16-14-12-10-8-6-4-2/h5,7,11,13,17,19,23,25,29,31,35,37,39-40,42-43,47,49,53,55,64,66,72,74,79-82,84-91,93-95,97-101H,3-4,6,8-10,12,14-16,18,20-22,24,26-28,30,32-34,36,38,41,44-46,48,50-52,54,56-63,65,67-71,73,75-78H2,1-2H3,(H,92,96)/b7-5-,13-11-,19-17-,25-23-,31-29-,37-35-,40-39-,43-42-,49-47-,55-53-,66-64+,74-72+. The van der Waals surface area contributed by atoms with Crippen molar-refractivity contribution >= 4 is 5.91 Å². The number of amides is 1. The molecule has 12 atom stereocenters. The fourth-order valence-corrected chi connectivity index (χ4v) is 13.1. The number of unbranched alkanes of at least 4 members (excludes halogenated alkanes) is 35. The lowest BCUT2D eigenvalue weighted by molar-refractivity contribution is -0.359. The zero-order valence-corrected chi connectivity index (χ0v) is 66.2. The quantitative estimate of drug-likeness (QED) is 0.0204. The first kappa shape index (κ1) is 96.9. The molecule has 1 amide bonds. The molecule has 0 aromatic rings. The third-order valence-corrected chi connectivity index (χ3v) is 19.8. The van der Waals surface area contributed by atoms with Crippen LogP contribution in [-0.4, -0.2) is 140 Å². The van der Waals surface area contributed by atoms with Crippen LogP contribution in [0.3, 0.4) is 0 Å². The summed E-state index contributed by atoms with van der Waals surface area (Å²) in [6.45, 7) is 2.69. The lowest BCUT2D eigenvalue weighted by atomic mass is 9.97. The van der Waals surface area contributed by atoms with Crippen molar-refractivity contribution in [2.24, 2.45) is 0 Å². The van der Waals surface area contributed by atoms with Gasteiger partial charge in [0, 0.05) is 6.42 Å². The van der Waals surface area contributed by atoms with Gasteiger partial charge < -0.3 is 65.1 Å². The van der Waals surface area contributed by atoms with Gasteiger partial charge in [-0.25, -0.2) is 0 Å². The monoisotopic (exact) mass is 1470 g/mol. The Morgan fingerprint density at radius 3 is 1.05 bits per heavy atom. The number of nitrogens with one attached hydrogen (secondary N) is 1. The van der Waals surface area contributed by atoms with E-state index < -0.39 is 86.8 Å². The summed E-state index contributed by atoms with van der Waals surface area (Å²) in [6.07, 6.45) is 93.6. The number of hydrogen-bond acceptors (Lipinski definition) is 13. The largest absolute Gasteiger partial charge is 0.394 e. The summed E-state index contributed by atoms with van der Waals surface area (Å²) < 4.78 is 22.9. The van der Waals surface area contributed by atoms with E-state index >= 15 is 0 Å². The molecule has 0 aromatic heterocycles. The molecular weight excluding hydrogens is 1310 g/mol. The second kappa shape index (κ2) is 72.7. The maximum absolute atomic E-state index is 13.4. The highest BCUT2D eigenvalue weighted by Gasteiger charge is 2.51. The number of rotatable bonds is 70. The van der Waals surface area contributed by atoms with Crippen molar-refractivity contribution in [3.8, 4) is 0 Å². The summed E-state index contributed by atoms with van der Waals surface area (Å²) in [6, 6.07) is -0.949. The van der Waals surface area contributed by atoms with Crippen molar-refractivity contribution in [2.45, 2.75) is 402 Å². The molecule has 2 aliphatic heterocycles. The molecule has 0 bridgehead atoms. The van der Waals surface area contributed by atoms with E-state index in [-0.39, 0.29) is 18.9 Å². The van der Waals surface area contributed by atoms with Crippen molar-refractivity contribution in [3.63, 3.8) is 0 Å². The minimum Gasteiger partial charge on any atom is -0.394 e. The molecule has 0 saturated carbocycles. The average Bonchev–Trinajstić information content (AvgIpc) is 0.789. The molecular formula is C91H155NO13. The van der Waals surface area contributed by atoms with E-state index in [2.05, 4.69) is 153 Å². The Bertz CT molecular complexity index is 2330. The Kier molecular flexibility index (Phi) is 67.1. The average molecular weight is 1470 g/mol. The normalized spacial score (nSPS) is 22.2. The van der Waals surface area contributed by atoms with Crippen LogP contribution in [0.2, 0.25) is 0 Å². The summed E-state index contributed by atoms with van der Waals surface area (Å²) in [4.78, 5) is 13.4. The van der Waals surface area contributed by atoms with Crippen LogP contribution in [0.15, 0.2) is 146 Å². The van der Waals surface area contributed by atoms with E-state index in [0.29, 0.717) is 12.8 Å². The molecule has 14 nitrogen and oxygen atoms in total. The van der Waals surface area contributed by atoms with Crippen molar-refractivity contribution in [1.29, 1.82) is 0 Å². The van der Waals surface area contributed by atoms with Gasteiger partial charge >= 0.3 is 0 Å². The molecule has 0 spiro atoms. The van der Waals surface area contributed by atoms with Crippen molar-refractivity contribution in [2.75, 3.05) is 19.8 Å². The van der Waals surface area contributed by atoms with Crippen LogP contribution in [-0.2, 0) is 23.7 Å². The van der Waals surface area contributed by atoms with Crippen LogP contribution in [0.25, 0.3) is 0 Å². The van der Waals surface area contributed by atoms with Crippen molar-refractivity contribution in [1.82, 2.24) is 5.32 Å². The van der Waals surface area contributed by atoms with Crippen LogP contribution in [0, 0.1) is 0 Å². The molecule has 2 fully saturated rings. The van der Waals surface area contributed by atoms with Gasteiger partial charge in [-0.05, 0) is 109 Å². The summed E-state index contributed by atoms with van der Waals surface area (Å²) in [7, 11) is 0. The first-order chi connectivity index (χ1) is 51.6. The highest BCUT2D eigenvalue weighted by atomic mass is 16.7. The Balaban J connectivity index is 1.63. The van der Waals surface area contributed by atoms with Gasteiger partial charge in [-0.1, -0.05) is 359 Å². The van der Waals surface area contributed by atoms with Crippen molar-refractivity contribution < 1.29 is 64.6 Å². The second-order valence-electron chi connectivity index (χ2n) is 29.2. The van der Waals surface area contributed by atoms with Gasteiger partial charge in [-0.3, -0.25) is 4.79 Å². The van der Waals surface area contributed by atoms with Crippen LogP contribution >= 0.6 is 0 Å². The molecule has 2 rings (SSSR count). The van der Waals surface area contributed by atoms with Crippen LogP contribution in [0.5, 0.6) is 0 Å². The SMILES string of the molecule is CC/C=C\C/C=C\C/C=C\C/C=C\C/C=C\C/C=C\C/C=C\C/C=C\C/C=C\C/C=C\CCCCCCCCCCC(=O)NC(COC1OC(CO)C(OC2OC(CO)C(O)C(O)C2O)C(O)C1O)C(O)/C=C/CC/C=C/CCCCCCCCCCCCCCCCCCCCCCCCCCCC. The predicted molar refractivity (Wildman–Crippen MR) is 438 cm³/mol. The molecule has 0 radical (unpaired) electrons. The van der Waals surface area contributed by atoms with Gasteiger partial charge in [-0.2, -0.15) is 0 Å². The predicted octanol–water partition coefficient (Wildman–Crippen LogP) is 20.3. The fraction of sp³-hybridized carbons (Fsp3) is 0.725. The van der Waals surface area contributed by atoms with E-state index in [0.717, 1.165) is 109 Å². The molecule has 0 aliphatic carbocycles. The Hall–Kier alpha value is -4.13. The zero-order valence-electron chi connectivity index (χ0n) is 66.2. The number of allylic oxidation sites excluding steroid dienone is 23. The highest BCUT2D eigenvalue weighted by Crippen LogP contribution is 2.30. The summed E-state index contributed by atoms with van der Waals surface area (Å²) in [5, 5.41) is 87.8. The van der Waals surface area contributed by atoms with Gasteiger partial charge in [0.2, 0.25) is 5.91 Å². The summed E-state index contributed by atoms with van der Waals surface area (Å²) >= 11 is 0. The Morgan fingerprint density at radius 2 is 0.667 bits per heavy atom.